The number of benzene rings is 8. The standard InChI is InChI=1S/C49H32O12S4/c50-62(51,52)37-13-1-29(2-14-37)33-9-21-41-42-22-10-34(30-3-15-38(16-4-30)63(53,54)55)26-46(42)49(45(41)25-33)47-27-35(31-5-17-39(18-6-31)64(56,57)58)11-23-43(47)44-24-12-36(28-48(44)49)32-7-19-40(20-8-32)65(59,60)61/h1-28H,(H,50,51,52)(H,53,54,55)(H,56,57,58)(H,59,60,61). The quantitative estimate of drug-likeness (QED) is 0.105. The Balaban J connectivity index is 1.27. The van der Waals surface area contributed by atoms with Gasteiger partial charge >= 0.3 is 0 Å². The molecule has 10 rings (SSSR count). The highest BCUT2D eigenvalue weighted by molar-refractivity contribution is 7.86. The van der Waals surface area contributed by atoms with Gasteiger partial charge in [-0.15, -0.1) is 0 Å². The monoisotopic (exact) mass is 940 g/mol. The van der Waals surface area contributed by atoms with E-state index in [1.807, 2.05) is 72.8 Å². The molecule has 0 bridgehead atoms. The zero-order valence-corrected chi connectivity index (χ0v) is 36.6. The van der Waals surface area contributed by atoms with Crippen molar-refractivity contribution in [2.45, 2.75) is 25.0 Å². The second-order valence-electron chi connectivity index (χ2n) is 15.8. The van der Waals surface area contributed by atoms with Crippen LogP contribution < -0.4 is 0 Å². The molecule has 1 spiro atoms. The summed E-state index contributed by atoms with van der Waals surface area (Å²) in [6, 6.07) is 47.2. The van der Waals surface area contributed by atoms with Crippen molar-refractivity contribution in [1.82, 2.24) is 0 Å². The van der Waals surface area contributed by atoms with Gasteiger partial charge in [0.1, 0.15) is 0 Å². The summed E-state index contributed by atoms with van der Waals surface area (Å²) in [5, 5.41) is 0. The summed E-state index contributed by atoms with van der Waals surface area (Å²) in [4.78, 5) is -1.07. The Morgan fingerprint density at radius 1 is 0.246 bits per heavy atom. The van der Waals surface area contributed by atoms with Gasteiger partial charge in [0.05, 0.1) is 25.0 Å². The molecule has 0 saturated carbocycles. The van der Waals surface area contributed by atoms with Crippen molar-refractivity contribution in [3.63, 3.8) is 0 Å². The summed E-state index contributed by atoms with van der Waals surface area (Å²) in [5.41, 5.74) is 11.3. The van der Waals surface area contributed by atoms with Gasteiger partial charge in [-0.3, -0.25) is 18.2 Å². The van der Waals surface area contributed by atoms with Crippen LogP contribution in [-0.2, 0) is 45.9 Å². The molecule has 324 valence electrons. The van der Waals surface area contributed by atoms with E-state index >= 15 is 0 Å². The molecule has 0 aromatic heterocycles. The molecule has 12 nitrogen and oxygen atoms in total. The molecular formula is C49H32O12S4. The molecule has 8 aromatic rings. The van der Waals surface area contributed by atoms with Crippen molar-refractivity contribution in [3.05, 3.63) is 192 Å². The van der Waals surface area contributed by atoms with Crippen molar-refractivity contribution in [3.8, 4) is 66.8 Å². The fourth-order valence-corrected chi connectivity index (χ4v) is 11.1. The molecule has 0 fully saturated rings. The smallest absolute Gasteiger partial charge is 0.282 e. The summed E-state index contributed by atoms with van der Waals surface area (Å²) in [6.07, 6.45) is 0. The Bertz CT molecular complexity index is 3270. The minimum atomic E-state index is -4.47. The minimum absolute atomic E-state index is 0.267. The van der Waals surface area contributed by atoms with E-state index in [9.17, 15) is 51.9 Å². The molecule has 0 radical (unpaired) electrons. The first-order valence-electron chi connectivity index (χ1n) is 19.6. The molecule has 8 aromatic carbocycles. The summed E-state index contributed by atoms with van der Waals surface area (Å²) >= 11 is 0. The van der Waals surface area contributed by atoms with E-state index in [0.717, 1.165) is 66.8 Å². The van der Waals surface area contributed by atoms with E-state index in [2.05, 4.69) is 0 Å². The highest BCUT2D eigenvalue weighted by Crippen LogP contribution is 2.64. The van der Waals surface area contributed by atoms with Gasteiger partial charge in [0.15, 0.2) is 0 Å². The van der Waals surface area contributed by atoms with Crippen molar-refractivity contribution in [1.29, 1.82) is 0 Å². The Hall–Kier alpha value is -6.60. The van der Waals surface area contributed by atoms with Crippen LogP contribution in [0.2, 0.25) is 0 Å². The second-order valence-corrected chi connectivity index (χ2v) is 21.5. The molecule has 16 heteroatoms. The van der Waals surface area contributed by atoms with Gasteiger partial charge < -0.3 is 0 Å². The Morgan fingerprint density at radius 2 is 0.415 bits per heavy atom. The van der Waals surface area contributed by atoms with Crippen LogP contribution in [0.25, 0.3) is 66.8 Å². The zero-order valence-electron chi connectivity index (χ0n) is 33.4. The van der Waals surface area contributed by atoms with E-state index in [0.29, 0.717) is 22.3 Å². The van der Waals surface area contributed by atoms with Gasteiger partial charge in [-0.2, -0.15) is 33.7 Å². The summed E-state index contributed by atoms with van der Waals surface area (Å²) in [7, 11) is -17.9. The van der Waals surface area contributed by atoms with E-state index in [-0.39, 0.29) is 19.6 Å². The average Bonchev–Trinajstić information content (AvgIpc) is 3.73. The van der Waals surface area contributed by atoms with Crippen LogP contribution in [-0.4, -0.2) is 51.9 Å². The third-order valence-corrected chi connectivity index (χ3v) is 15.7. The molecule has 0 heterocycles. The van der Waals surface area contributed by atoms with Crippen LogP contribution in [0.5, 0.6) is 0 Å². The number of hydrogen-bond acceptors (Lipinski definition) is 8. The molecule has 2 aliphatic rings. The van der Waals surface area contributed by atoms with Crippen LogP contribution in [0.1, 0.15) is 22.3 Å². The maximum absolute atomic E-state index is 12.0. The molecule has 65 heavy (non-hydrogen) atoms. The highest BCUT2D eigenvalue weighted by atomic mass is 32.2. The van der Waals surface area contributed by atoms with Gasteiger partial charge in [-0.1, -0.05) is 97.1 Å². The third-order valence-electron chi connectivity index (χ3n) is 12.2. The second kappa shape index (κ2) is 14.7. The predicted molar refractivity (Wildman–Crippen MR) is 244 cm³/mol. The summed E-state index contributed by atoms with van der Waals surface area (Å²) in [6.45, 7) is 0. The lowest BCUT2D eigenvalue weighted by molar-refractivity contribution is 0.481. The fraction of sp³-hybridized carbons (Fsp3) is 0.0204. The van der Waals surface area contributed by atoms with Crippen molar-refractivity contribution < 1.29 is 51.9 Å². The Morgan fingerprint density at radius 3 is 0.585 bits per heavy atom. The van der Waals surface area contributed by atoms with Crippen molar-refractivity contribution >= 4 is 40.5 Å². The lowest BCUT2D eigenvalue weighted by Gasteiger charge is -2.32. The lowest BCUT2D eigenvalue weighted by atomic mass is 9.69. The third kappa shape index (κ3) is 7.11. The molecule has 4 N–H and O–H groups in total. The van der Waals surface area contributed by atoms with Crippen molar-refractivity contribution in [2.24, 2.45) is 0 Å². The molecule has 0 atom stereocenters. The number of hydrogen-bond donors (Lipinski definition) is 4. The van der Waals surface area contributed by atoms with E-state index in [1.165, 1.54) is 48.5 Å². The van der Waals surface area contributed by atoms with Crippen LogP contribution in [0.4, 0.5) is 0 Å². The highest BCUT2D eigenvalue weighted by Gasteiger charge is 2.52. The Kier molecular flexibility index (Phi) is 9.59. The van der Waals surface area contributed by atoms with Crippen LogP contribution in [0.3, 0.4) is 0 Å². The molecular weight excluding hydrogens is 909 g/mol. The lowest BCUT2D eigenvalue weighted by Crippen LogP contribution is -2.26. The van der Waals surface area contributed by atoms with E-state index < -0.39 is 45.9 Å². The molecule has 2 aliphatic carbocycles. The minimum Gasteiger partial charge on any atom is -0.282 e. The number of rotatable bonds is 8. The molecule has 0 unspecified atom stereocenters. The van der Waals surface area contributed by atoms with Crippen molar-refractivity contribution in [2.75, 3.05) is 0 Å². The zero-order chi connectivity index (χ0) is 45.8. The predicted octanol–water partition coefficient (Wildman–Crippen LogP) is 9.68. The largest absolute Gasteiger partial charge is 0.294 e. The first-order valence-corrected chi connectivity index (χ1v) is 25.4. The van der Waals surface area contributed by atoms with Gasteiger partial charge in [0.25, 0.3) is 40.5 Å². The van der Waals surface area contributed by atoms with Gasteiger partial charge in [0, 0.05) is 0 Å². The topological polar surface area (TPSA) is 217 Å². The SMILES string of the molecule is O=S(=O)(O)c1ccc(-c2ccc3c(c2)C2(c4cc(-c5ccc(S(=O)(=O)O)cc5)ccc4-3)c3cc(-c4ccc(S(=O)(=O)O)cc4)ccc3-c3ccc(-c4ccc(S(=O)(=O)O)cc4)cc32)cc1. The normalized spacial score (nSPS) is 13.8. The van der Waals surface area contributed by atoms with E-state index in [4.69, 9.17) is 0 Å². The van der Waals surface area contributed by atoms with Gasteiger partial charge in [0.2, 0.25) is 0 Å². The summed E-state index contributed by atoms with van der Waals surface area (Å²) in [5.74, 6) is 0. The maximum Gasteiger partial charge on any atom is 0.294 e. The first kappa shape index (κ1) is 42.4. The Labute approximate surface area is 374 Å². The van der Waals surface area contributed by atoms with Gasteiger partial charge in [-0.25, -0.2) is 0 Å². The number of fused-ring (bicyclic) bond motifs is 10. The molecule has 0 aliphatic heterocycles. The molecule has 0 saturated heterocycles. The van der Waals surface area contributed by atoms with Crippen LogP contribution in [0.15, 0.2) is 189 Å². The van der Waals surface area contributed by atoms with Crippen LogP contribution >= 0.6 is 0 Å². The van der Waals surface area contributed by atoms with Crippen LogP contribution in [0, 0.1) is 0 Å². The van der Waals surface area contributed by atoms with E-state index in [1.54, 1.807) is 48.5 Å². The maximum atomic E-state index is 12.0. The molecule has 0 amide bonds. The van der Waals surface area contributed by atoms with Gasteiger partial charge in [-0.05, 0) is 162 Å². The average molecular weight is 941 g/mol. The summed E-state index contributed by atoms with van der Waals surface area (Å²) < 4.78 is 135. The first-order chi connectivity index (χ1) is 30.7. The fourth-order valence-electron chi connectivity index (χ4n) is 9.22.